The monoisotopic (exact) mass is 386 g/mol. The largest absolute Gasteiger partial charge is 0.339 e. The number of rotatable bonds is 7. The molecule has 0 unspecified atom stereocenters. The first kappa shape index (κ1) is 20.2. The van der Waals surface area contributed by atoms with E-state index in [2.05, 4.69) is 0 Å². The summed E-state index contributed by atoms with van der Waals surface area (Å²) in [6, 6.07) is 4.56. The summed E-state index contributed by atoms with van der Waals surface area (Å²) in [5.74, 6) is -0.143. The topological polar surface area (TPSA) is 57.7 Å². The zero-order valence-corrected chi connectivity index (χ0v) is 16.6. The Labute approximate surface area is 156 Å². The van der Waals surface area contributed by atoms with E-state index in [-0.39, 0.29) is 15.8 Å². The number of amides is 1. The van der Waals surface area contributed by atoms with Gasteiger partial charge in [-0.25, -0.2) is 8.42 Å². The van der Waals surface area contributed by atoms with Gasteiger partial charge in [0.2, 0.25) is 10.0 Å². The molecule has 2 rings (SSSR count). The van der Waals surface area contributed by atoms with Crippen LogP contribution in [0.1, 0.15) is 56.3 Å². The van der Waals surface area contributed by atoms with E-state index in [4.69, 9.17) is 11.6 Å². The van der Waals surface area contributed by atoms with Gasteiger partial charge >= 0.3 is 0 Å². The third-order valence-electron chi connectivity index (χ3n) is 4.39. The molecule has 0 spiro atoms. The predicted octanol–water partition coefficient (Wildman–Crippen LogP) is 3.78. The summed E-state index contributed by atoms with van der Waals surface area (Å²) in [6.07, 6.45) is 4.48. The highest BCUT2D eigenvalue weighted by atomic mass is 35.5. The predicted molar refractivity (Wildman–Crippen MR) is 101 cm³/mol. The Bertz CT molecular complexity index is 694. The number of hydrogen-bond donors (Lipinski definition) is 0. The van der Waals surface area contributed by atoms with Crippen molar-refractivity contribution in [3.05, 3.63) is 28.8 Å². The highest BCUT2D eigenvalue weighted by Gasteiger charge is 2.29. The van der Waals surface area contributed by atoms with E-state index in [1.165, 1.54) is 16.4 Å². The van der Waals surface area contributed by atoms with Crippen LogP contribution >= 0.6 is 11.6 Å². The van der Waals surface area contributed by atoms with Crippen LogP contribution in [-0.2, 0) is 10.0 Å². The van der Waals surface area contributed by atoms with Crippen molar-refractivity contribution in [2.24, 2.45) is 0 Å². The van der Waals surface area contributed by atoms with Gasteiger partial charge in [0.05, 0.1) is 5.02 Å². The first-order valence-electron chi connectivity index (χ1n) is 9.00. The maximum atomic E-state index is 12.9. The lowest BCUT2D eigenvalue weighted by Gasteiger charge is -2.27. The molecule has 0 aromatic heterocycles. The standard InChI is InChI=1S/C18H27ClN2O3S/c1-3-10-20(11-4-2)18(22)15-8-9-16(19)17(14-15)25(23,24)21-12-6-5-7-13-21/h8-9,14H,3-7,10-13H2,1-2H3. The van der Waals surface area contributed by atoms with Gasteiger partial charge in [-0.1, -0.05) is 31.9 Å². The maximum Gasteiger partial charge on any atom is 0.253 e. The van der Waals surface area contributed by atoms with Crippen molar-refractivity contribution in [3.8, 4) is 0 Å². The number of nitrogens with zero attached hydrogens (tertiary/aromatic N) is 2. The molecule has 0 aliphatic carbocycles. The van der Waals surface area contributed by atoms with Gasteiger partial charge in [0.15, 0.2) is 0 Å². The van der Waals surface area contributed by atoms with Crippen LogP contribution in [0.2, 0.25) is 5.02 Å². The second-order valence-corrected chi connectivity index (χ2v) is 8.72. The van der Waals surface area contributed by atoms with Gasteiger partial charge in [0.1, 0.15) is 4.90 Å². The lowest BCUT2D eigenvalue weighted by molar-refractivity contribution is 0.0755. The van der Waals surface area contributed by atoms with Gasteiger partial charge in [-0.15, -0.1) is 0 Å². The lowest BCUT2D eigenvalue weighted by Crippen LogP contribution is -2.36. The van der Waals surface area contributed by atoms with E-state index in [0.29, 0.717) is 31.7 Å². The fourth-order valence-corrected chi connectivity index (χ4v) is 5.13. The normalized spacial score (nSPS) is 16.0. The van der Waals surface area contributed by atoms with Gasteiger partial charge < -0.3 is 4.90 Å². The Kier molecular flexibility index (Phi) is 7.28. The Morgan fingerprint density at radius 1 is 1.12 bits per heavy atom. The van der Waals surface area contributed by atoms with Crippen LogP contribution in [0.5, 0.6) is 0 Å². The van der Waals surface area contributed by atoms with Crippen LogP contribution < -0.4 is 0 Å². The van der Waals surface area contributed by atoms with Crippen molar-refractivity contribution in [2.45, 2.75) is 50.8 Å². The average Bonchev–Trinajstić information content (AvgIpc) is 2.62. The highest BCUT2D eigenvalue weighted by Crippen LogP contribution is 2.28. The SMILES string of the molecule is CCCN(CCC)C(=O)c1ccc(Cl)c(S(=O)(=O)N2CCCCC2)c1. The molecule has 25 heavy (non-hydrogen) atoms. The molecule has 1 amide bonds. The van der Waals surface area contributed by atoms with Crippen LogP contribution in [0.3, 0.4) is 0 Å². The summed E-state index contributed by atoms with van der Waals surface area (Å²) in [5, 5.41) is 0.166. The van der Waals surface area contributed by atoms with Gasteiger partial charge in [-0.3, -0.25) is 4.79 Å². The molecule has 7 heteroatoms. The highest BCUT2D eigenvalue weighted by molar-refractivity contribution is 7.89. The van der Waals surface area contributed by atoms with Crippen molar-refractivity contribution in [1.29, 1.82) is 0 Å². The van der Waals surface area contributed by atoms with E-state index in [1.54, 1.807) is 11.0 Å². The fraction of sp³-hybridized carbons (Fsp3) is 0.611. The minimum atomic E-state index is -3.67. The van der Waals surface area contributed by atoms with E-state index >= 15 is 0 Å². The van der Waals surface area contributed by atoms with Crippen LogP contribution in [0.15, 0.2) is 23.1 Å². The first-order chi connectivity index (χ1) is 11.9. The van der Waals surface area contributed by atoms with Gasteiger partial charge in [-0.2, -0.15) is 4.31 Å². The zero-order valence-electron chi connectivity index (χ0n) is 15.0. The number of sulfonamides is 1. The van der Waals surface area contributed by atoms with Crippen LogP contribution in [0.4, 0.5) is 0 Å². The maximum absolute atomic E-state index is 12.9. The number of hydrogen-bond acceptors (Lipinski definition) is 3. The fourth-order valence-electron chi connectivity index (χ4n) is 3.12. The van der Waals surface area contributed by atoms with E-state index in [1.807, 2.05) is 13.8 Å². The lowest BCUT2D eigenvalue weighted by atomic mass is 10.2. The molecule has 1 aliphatic heterocycles. The van der Waals surface area contributed by atoms with Crippen LogP contribution in [-0.4, -0.2) is 49.7 Å². The minimum absolute atomic E-state index is 0.0369. The van der Waals surface area contributed by atoms with Gasteiger partial charge in [0, 0.05) is 31.7 Å². The number of piperidine rings is 1. The Morgan fingerprint density at radius 2 is 1.72 bits per heavy atom. The van der Waals surface area contributed by atoms with E-state index < -0.39 is 10.0 Å². The number of carbonyl (C=O) groups excluding carboxylic acids is 1. The molecule has 0 radical (unpaired) electrons. The third kappa shape index (κ3) is 4.74. The number of halogens is 1. The Balaban J connectivity index is 2.34. The Hall–Kier alpha value is -1.11. The molecule has 0 saturated carbocycles. The van der Waals surface area contributed by atoms with Crippen LogP contribution in [0.25, 0.3) is 0 Å². The van der Waals surface area contributed by atoms with Gasteiger partial charge in [0.25, 0.3) is 5.91 Å². The van der Waals surface area contributed by atoms with Crippen molar-refractivity contribution in [3.63, 3.8) is 0 Å². The summed E-state index contributed by atoms with van der Waals surface area (Å²) >= 11 is 6.18. The second-order valence-electron chi connectivity index (χ2n) is 6.40. The first-order valence-corrected chi connectivity index (χ1v) is 10.8. The van der Waals surface area contributed by atoms with Gasteiger partial charge in [-0.05, 0) is 43.9 Å². The summed E-state index contributed by atoms with van der Waals surface area (Å²) in [7, 11) is -3.67. The molecular weight excluding hydrogens is 360 g/mol. The smallest absolute Gasteiger partial charge is 0.253 e. The van der Waals surface area contributed by atoms with Crippen molar-refractivity contribution in [2.75, 3.05) is 26.2 Å². The Morgan fingerprint density at radius 3 is 2.28 bits per heavy atom. The summed E-state index contributed by atoms with van der Waals surface area (Å²) in [4.78, 5) is 14.6. The van der Waals surface area contributed by atoms with Crippen molar-refractivity contribution in [1.82, 2.24) is 9.21 Å². The molecule has 140 valence electrons. The van der Waals surface area contributed by atoms with E-state index in [0.717, 1.165) is 32.1 Å². The zero-order chi connectivity index (χ0) is 18.4. The molecule has 1 aliphatic rings. The molecule has 1 heterocycles. The average molecular weight is 387 g/mol. The summed E-state index contributed by atoms with van der Waals surface area (Å²) < 4.78 is 27.3. The van der Waals surface area contributed by atoms with Crippen molar-refractivity contribution >= 4 is 27.5 Å². The summed E-state index contributed by atoms with van der Waals surface area (Å²) in [6.45, 7) is 6.37. The molecule has 1 saturated heterocycles. The molecular formula is C18H27ClN2O3S. The minimum Gasteiger partial charge on any atom is -0.339 e. The summed E-state index contributed by atoms with van der Waals surface area (Å²) in [5.41, 5.74) is 0.377. The number of carbonyl (C=O) groups is 1. The quantitative estimate of drug-likeness (QED) is 0.716. The van der Waals surface area contributed by atoms with E-state index in [9.17, 15) is 13.2 Å². The number of benzene rings is 1. The van der Waals surface area contributed by atoms with Crippen LogP contribution in [0, 0.1) is 0 Å². The molecule has 0 N–H and O–H groups in total. The molecule has 1 fully saturated rings. The molecule has 0 bridgehead atoms. The third-order valence-corrected chi connectivity index (χ3v) is 6.77. The molecule has 0 atom stereocenters. The molecule has 5 nitrogen and oxygen atoms in total. The van der Waals surface area contributed by atoms with Crippen molar-refractivity contribution < 1.29 is 13.2 Å². The molecule has 1 aromatic rings. The molecule has 1 aromatic carbocycles. The second kappa shape index (κ2) is 9.01.